The van der Waals surface area contributed by atoms with E-state index in [2.05, 4.69) is 44.3 Å². The number of carbonyl (C=O) groups is 1. The number of hydrogen-bond acceptors (Lipinski definition) is 2. The fourth-order valence-electron chi connectivity index (χ4n) is 2.04. The lowest BCUT2D eigenvalue weighted by Gasteiger charge is -2.30. The van der Waals surface area contributed by atoms with Gasteiger partial charge in [-0.2, -0.15) is 0 Å². The molecule has 106 valence electrons. The number of aryl methyl sites for hydroxylation is 2. The van der Waals surface area contributed by atoms with Crippen LogP contribution in [-0.4, -0.2) is 18.5 Å². The van der Waals surface area contributed by atoms with Gasteiger partial charge in [-0.1, -0.05) is 44.5 Å². The Morgan fingerprint density at radius 2 is 1.95 bits per heavy atom. The predicted octanol–water partition coefficient (Wildman–Crippen LogP) is 2.34. The van der Waals surface area contributed by atoms with Crippen LogP contribution in [0.1, 0.15) is 37.5 Å². The molecule has 0 aliphatic carbocycles. The quantitative estimate of drug-likeness (QED) is 0.875. The molecule has 19 heavy (non-hydrogen) atoms. The van der Waals surface area contributed by atoms with Gasteiger partial charge in [0.1, 0.15) is 0 Å². The van der Waals surface area contributed by atoms with Crippen molar-refractivity contribution in [3.05, 3.63) is 34.9 Å². The molecule has 0 aliphatic rings. The van der Waals surface area contributed by atoms with Crippen LogP contribution in [0.3, 0.4) is 0 Å². The number of rotatable bonds is 4. The second-order valence-electron chi connectivity index (χ2n) is 6.33. The van der Waals surface area contributed by atoms with E-state index in [0.29, 0.717) is 13.0 Å². The van der Waals surface area contributed by atoms with E-state index in [1.54, 1.807) is 0 Å². The molecule has 1 unspecified atom stereocenters. The van der Waals surface area contributed by atoms with Gasteiger partial charge < -0.3 is 11.1 Å². The lowest BCUT2D eigenvalue weighted by molar-refractivity contribution is -0.121. The summed E-state index contributed by atoms with van der Waals surface area (Å²) in [5, 5.41) is 3.04. The molecule has 0 saturated carbocycles. The standard InChI is InChI=1S/C16H26N2O/c1-11-6-7-12(2)13(8-11)9-15(19)18-14(10-17)16(3,4)5/h6-8,14H,9-10,17H2,1-5H3,(H,18,19). The van der Waals surface area contributed by atoms with E-state index in [0.717, 1.165) is 11.1 Å². The van der Waals surface area contributed by atoms with Crippen molar-refractivity contribution in [2.24, 2.45) is 11.1 Å². The highest BCUT2D eigenvalue weighted by Gasteiger charge is 2.24. The molecule has 3 heteroatoms. The zero-order valence-electron chi connectivity index (χ0n) is 12.7. The van der Waals surface area contributed by atoms with Gasteiger partial charge in [-0.05, 0) is 30.4 Å². The van der Waals surface area contributed by atoms with Crippen LogP contribution >= 0.6 is 0 Å². The summed E-state index contributed by atoms with van der Waals surface area (Å²) in [5.41, 5.74) is 9.14. The Balaban J connectivity index is 2.72. The Morgan fingerprint density at radius 1 is 1.32 bits per heavy atom. The molecule has 0 saturated heterocycles. The van der Waals surface area contributed by atoms with Gasteiger partial charge in [-0.15, -0.1) is 0 Å². The molecule has 3 N–H and O–H groups in total. The second-order valence-corrected chi connectivity index (χ2v) is 6.33. The van der Waals surface area contributed by atoms with Gasteiger partial charge >= 0.3 is 0 Å². The zero-order valence-corrected chi connectivity index (χ0v) is 12.7. The fraction of sp³-hybridized carbons (Fsp3) is 0.562. The van der Waals surface area contributed by atoms with Crippen LogP contribution in [0, 0.1) is 19.3 Å². The number of hydrogen-bond donors (Lipinski definition) is 2. The SMILES string of the molecule is Cc1ccc(C)c(CC(=O)NC(CN)C(C)(C)C)c1. The summed E-state index contributed by atoms with van der Waals surface area (Å²) >= 11 is 0. The summed E-state index contributed by atoms with van der Waals surface area (Å²) in [6.07, 6.45) is 0.417. The topological polar surface area (TPSA) is 55.1 Å². The molecule has 0 bridgehead atoms. The van der Waals surface area contributed by atoms with Crippen molar-refractivity contribution in [3.8, 4) is 0 Å². The van der Waals surface area contributed by atoms with Crippen molar-refractivity contribution in [3.63, 3.8) is 0 Å². The Bertz CT molecular complexity index is 447. The van der Waals surface area contributed by atoms with Crippen molar-refractivity contribution >= 4 is 5.91 Å². The maximum Gasteiger partial charge on any atom is 0.224 e. The van der Waals surface area contributed by atoms with Crippen molar-refractivity contribution in [1.82, 2.24) is 5.32 Å². The Hall–Kier alpha value is -1.35. The van der Waals surface area contributed by atoms with E-state index in [1.807, 2.05) is 13.8 Å². The van der Waals surface area contributed by atoms with Gasteiger partial charge in [-0.3, -0.25) is 4.79 Å². The van der Waals surface area contributed by atoms with Crippen molar-refractivity contribution in [2.45, 2.75) is 47.1 Å². The van der Waals surface area contributed by atoms with E-state index in [9.17, 15) is 4.79 Å². The zero-order chi connectivity index (χ0) is 14.6. The minimum Gasteiger partial charge on any atom is -0.351 e. The first-order valence-electron chi connectivity index (χ1n) is 6.79. The van der Waals surface area contributed by atoms with Crippen molar-refractivity contribution in [1.29, 1.82) is 0 Å². The monoisotopic (exact) mass is 262 g/mol. The number of amides is 1. The first-order chi connectivity index (χ1) is 8.74. The fourth-order valence-corrected chi connectivity index (χ4v) is 2.04. The molecule has 0 radical (unpaired) electrons. The average Bonchev–Trinajstić information content (AvgIpc) is 2.29. The summed E-state index contributed by atoms with van der Waals surface area (Å²) in [5.74, 6) is 0.0408. The minimum absolute atomic E-state index is 0.00474. The van der Waals surface area contributed by atoms with Crippen LogP contribution in [0.25, 0.3) is 0 Å². The molecule has 0 heterocycles. The van der Waals surface area contributed by atoms with Gasteiger partial charge in [0.2, 0.25) is 5.91 Å². The smallest absolute Gasteiger partial charge is 0.224 e. The largest absolute Gasteiger partial charge is 0.351 e. The molecular formula is C16H26N2O. The van der Waals surface area contributed by atoms with Crippen molar-refractivity contribution < 1.29 is 4.79 Å². The van der Waals surface area contributed by atoms with Gasteiger partial charge in [0.05, 0.1) is 6.42 Å². The molecule has 1 aromatic carbocycles. The molecule has 0 spiro atoms. The second kappa shape index (κ2) is 6.20. The molecular weight excluding hydrogens is 236 g/mol. The Kier molecular flexibility index (Phi) is 5.12. The maximum atomic E-state index is 12.1. The molecule has 0 aromatic heterocycles. The summed E-state index contributed by atoms with van der Waals surface area (Å²) in [4.78, 5) is 12.1. The van der Waals surface area contributed by atoms with Crippen LogP contribution in [0.4, 0.5) is 0 Å². The molecule has 0 fully saturated rings. The first kappa shape index (κ1) is 15.7. The van der Waals surface area contributed by atoms with E-state index < -0.39 is 0 Å². The third-order valence-corrected chi connectivity index (χ3v) is 3.47. The molecule has 1 atom stereocenters. The highest BCUT2D eigenvalue weighted by molar-refractivity contribution is 5.79. The van der Waals surface area contributed by atoms with E-state index >= 15 is 0 Å². The van der Waals surface area contributed by atoms with Crippen LogP contribution in [0.5, 0.6) is 0 Å². The van der Waals surface area contributed by atoms with Gasteiger partial charge in [0.25, 0.3) is 0 Å². The summed E-state index contributed by atoms with van der Waals surface area (Å²) in [6.45, 7) is 10.8. The Labute approximate surface area is 116 Å². The predicted molar refractivity (Wildman–Crippen MR) is 80.1 cm³/mol. The van der Waals surface area contributed by atoms with Crippen LogP contribution in [0.15, 0.2) is 18.2 Å². The summed E-state index contributed by atoms with van der Waals surface area (Å²) in [7, 11) is 0. The third kappa shape index (κ3) is 4.67. The minimum atomic E-state index is -0.0218. The Morgan fingerprint density at radius 3 is 2.47 bits per heavy atom. The normalized spacial score (nSPS) is 13.2. The lowest BCUT2D eigenvalue weighted by atomic mass is 9.86. The van der Waals surface area contributed by atoms with Gasteiger partial charge in [0, 0.05) is 12.6 Å². The summed E-state index contributed by atoms with van der Waals surface area (Å²) in [6, 6.07) is 6.20. The number of nitrogens with one attached hydrogen (secondary N) is 1. The molecule has 0 aliphatic heterocycles. The molecule has 1 aromatic rings. The van der Waals surface area contributed by atoms with Crippen LogP contribution in [0.2, 0.25) is 0 Å². The molecule has 3 nitrogen and oxygen atoms in total. The van der Waals surface area contributed by atoms with Crippen molar-refractivity contribution in [2.75, 3.05) is 6.54 Å². The van der Waals surface area contributed by atoms with E-state index in [-0.39, 0.29) is 17.4 Å². The van der Waals surface area contributed by atoms with Gasteiger partial charge in [-0.25, -0.2) is 0 Å². The van der Waals surface area contributed by atoms with E-state index in [1.165, 1.54) is 5.56 Å². The van der Waals surface area contributed by atoms with Crippen LogP contribution < -0.4 is 11.1 Å². The first-order valence-corrected chi connectivity index (χ1v) is 6.79. The van der Waals surface area contributed by atoms with E-state index in [4.69, 9.17) is 5.73 Å². The highest BCUT2D eigenvalue weighted by Crippen LogP contribution is 2.18. The highest BCUT2D eigenvalue weighted by atomic mass is 16.1. The third-order valence-electron chi connectivity index (χ3n) is 3.47. The molecule has 1 amide bonds. The lowest BCUT2D eigenvalue weighted by Crippen LogP contribution is -2.48. The average molecular weight is 262 g/mol. The number of nitrogens with two attached hydrogens (primary N) is 1. The number of benzene rings is 1. The van der Waals surface area contributed by atoms with Gasteiger partial charge in [0.15, 0.2) is 0 Å². The summed E-state index contributed by atoms with van der Waals surface area (Å²) < 4.78 is 0. The maximum absolute atomic E-state index is 12.1. The number of carbonyl (C=O) groups excluding carboxylic acids is 1. The molecule has 1 rings (SSSR count). The van der Waals surface area contributed by atoms with Crippen LogP contribution in [-0.2, 0) is 11.2 Å².